The Balaban J connectivity index is 2.42. The van der Waals surface area contributed by atoms with Crippen molar-refractivity contribution in [3.8, 4) is 0 Å². The van der Waals surface area contributed by atoms with Crippen molar-refractivity contribution < 1.29 is 14.7 Å². The van der Waals surface area contributed by atoms with Gasteiger partial charge in [0.25, 0.3) is 0 Å². The molecular weight excluding hydrogens is 208 g/mol. The quantitative estimate of drug-likeness (QED) is 0.761. The number of likely N-dealkylation sites (tertiary alicyclic amines) is 1. The summed E-state index contributed by atoms with van der Waals surface area (Å²) < 4.78 is 0. The average molecular weight is 228 g/mol. The largest absolute Gasteiger partial charge is 0.481 e. The summed E-state index contributed by atoms with van der Waals surface area (Å²) in [5, 5.41) is 11.7. The van der Waals surface area contributed by atoms with Crippen molar-refractivity contribution in [3.05, 3.63) is 0 Å². The van der Waals surface area contributed by atoms with Gasteiger partial charge >= 0.3 is 12.0 Å². The van der Waals surface area contributed by atoms with Crippen LogP contribution in [0.2, 0.25) is 0 Å². The number of nitrogens with one attached hydrogen (secondary N) is 1. The fraction of sp³-hybridized carbons (Fsp3) is 0.818. The summed E-state index contributed by atoms with van der Waals surface area (Å²) >= 11 is 0. The molecule has 0 aromatic carbocycles. The van der Waals surface area contributed by atoms with Crippen molar-refractivity contribution in [1.82, 2.24) is 10.2 Å². The van der Waals surface area contributed by atoms with E-state index in [1.54, 1.807) is 4.90 Å². The Bertz CT molecular complexity index is 278. The Hall–Kier alpha value is -1.26. The molecule has 1 saturated heterocycles. The van der Waals surface area contributed by atoms with Gasteiger partial charge in [0.15, 0.2) is 0 Å². The first kappa shape index (κ1) is 12.8. The minimum Gasteiger partial charge on any atom is -0.481 e. The van der Waals surface area contributed by atoms with E-state index in [1.807, 2.05) is 20.8 Å². The van der Waals surface area contributed by atoms with Gasteiger partial charge in [0.05, 0.1) is 5.92 Å². The third-order valence-electron chi connectivity index (χ3n) is 3.18. The van der Waals surface area contributed by atoms with E-state index in [-0.39, 0.29) is 12.1 Å². The predicted molar refractivity (Wildman–Crippen MR) is 60.1 cm³/mol. The maximum Gasteiger partial charge on any atom is 0.317 e. The summed E-state index contributed by atoms with van der Waals surface area (Å²) in [6, 6.07) is -0.0404. The Morgan fingerprint density at radius 3 is 2.44 bits per heavy atom. The van der Waals surface area contributed by atoms with Gasteiger partial charge in [-0.25, -0.2) is 4.79 Å². The zero-order valence-electron chi connectivity index (χ0n) is 10.1. The molecule has 2 unspecified atom stereocenters. The van der Waals surface area contributed by atoms with Crippen molar-refractivity contribution >= 4 is 12.0 Å². The summed E-state index contributed by atoms with van der Waals surface area (Å²) in [5.41, 5.74) is 0. The fourth-order valence-electron chi connectivity index (χ4n) is 1.60. The molecule has 1 aliphatic rings. The van der Waals surface area contributed by atoms with Gasteiger partial charge in [0.1, 0.15) is 0 Å². The number of carbonyl (C=O) groups excluding carboxylic acids is 1. The van der Waals surface area contributed by atoms with Crippen molar-refractivity contribution in [3.63, 3.8) is 0 Å². The number of hydrogen-bond donors (Lipinski definition) is 2. The van der Waals surface area contributed by atoms with Gasteiger partial charge in [0, 0.05) is 19.1 Å². The molecule has 0 bridgehead atoms. The van der Waals surface area contributed by atoms with Crippen LogP contribution in [-0.2, 0) is 4.79 Å². The first-order valence-electron chi connectivity index (χ1n) is 5.70. The van der Waals surface area contributed by atoms with Crippen LogP contribution in [0.3, 0.4) is 0 Å². The monoisotopic (exact) mass is 228 g/mol. The molecule has 2 amide bonds. The van der Waals surface area contributed by atoms with Gasteiger partial charge in [-0.2, -0.15) is 0 Å². The fourth-order valence-corrected chi connectivity index (χ4v) is 1.60. The highest BCUT2D eigenvalue weighted by Crippen LogP contribution is 2.16. The molecule has 16 heavy (non-hydrogen) atoms. The molecule has 0 saturated carbocycles. The number of hydrogen-bond acceptors (Lipinski definition) is 2. The Labute approximate surface area is 95.8 Å². The number of amides is 2. The van der Waals surface area contributed by atoms with Crippen LogP contribution in [0.1, 0.15) is 27.2 Å². The summed E-state index contributed by atoms with van der Waals surface area (Å²) in [6.07, 6.45) is 0.554. The van der Waals surface area contributed by atoms with E-state index in [2.05, 4.69) is 5.32 Å². The van der Waals surface area contributed by atoms with E-state index in [0.717, 1.165) is 0 Å². The lowest BCUT2D eigenvalue weighted by atomic mass is 10.1. The zero-order chi connectivity index (χ0) is 12.3. The van der Waals surface area contributed by atoms with E-state index < -0.39 is 11.9 Å². The highest BCUT2D eigenvalue weighted by Gasteiger charge is 2.31. The molecule has 0 aromatic heterocycles. The van der Waals surface area contributed by atoms with Crippen molar-refractivity contribution in [2.75, 3.05) is 13.1 Å². The lowest BCUT2D eigenvalue weighted by Crippen LogP contribution is -2.44. The molecule has 1 rings (SSSR count). The van der Waals surface area contributed by atoms with E-state index in [1.165, 1.54) is 0 Å². The minimum absolute atomic E-state index is 0.108. The molecule has 5 nitrogen and oxygen atoms in total. The molecule has 92 valence electrons. The molecule has 1 fully saturated rings. The van der Waals surface area contributed by atoms with Crippen LogP contribution >= 0.6 is 0 Å². The zero-order valence-corrected chi connectivity index (χ0v) is 10.1. The second-order valence-corrected chi connectivity index (χ2v) is 4.75. The number of nitrogens with zero attached hydrogens (tertiary/aromatic N) is 1. The van der Waals surface area contributed by atoms with Gasteiger partial charge in [0.2, 0.25) is 0 Å². The van der Waals surface area contributed by atoms with E-state index >= 15 is 0 Å². The van der Waals surface area contributed by atoms with Gasteiger partial charge in [-0.15, -0.1) is 0 Å². The molecule has 0 spiro atoms. The van der Waals surface area contributed by atoms with Crippen LogP contribution in [0.5, 0.6) is 0 Å². The Morgan fingerprint density at radius 1 is 1.38 bits per heavy atom. The lowest BCUT2D eigenvalue weighted by molar-refractivity contribution is -0.141. The first-order valence-corrected chi connectivity index (χ1v) is 5.70. The van der Waals surface area contributed by atoms with Crippen LogP contribution in [0.15, 0.2) is 0 Å². The van der Waals surface area contributed by atoms with Crippen LogP contribution in [0, 0.1) is 11.8 Å². The molecule has 0 radical (unpaired) electrons. The van der Waals surface area contributed by atoms with Crippen molar-refractivity contribution in [1.29, 1.82) is 0 Å². The van der Waals surface area contributed by atoms with Crippen molar-refractivity contribution in [2.45, 2.75) is 33.2 Å². The van der Waals surface area contributed by atoms with Crippen LogP contribution in [0.25, 0.3) is 0 Å². The van der Waals surface area contributed by atoms with Gasteiger partial charge in [-0.3, -0.25) is 4.79 Å². The summed E-state index contributed by atoms with van der Waals surface area (Å²) in [5.74, 6) is -0.839. The second kappa shape index (κ2) is 5.18. The number of carboxylic acids is 1. The predicted octanol–water partition coefficient (Wildman–Crippen LogP) is 1.15. The maximum absolute atomic E-state index is 11.8. The highest BCUT2D eigenvalue weighted by atomic mass is 16.4. The molecule has 0 aromatic rings. The molecule has 0 aliphatic carbocycles. The molecule has 1 heterocycles. The van der Waals surface area contributed by atoms with Gasteiger partial charge in [-0.05, 0) is 19.3 Å². The summed E-state index contributed by atoms with van der Waals surface area (Å²) in [4.78, 5) is 24.1. The second-order valence-electron chi connectivity index (χ2n) is 4.75. The standard InChI is InChI=1S/C11H20N2O3/c1-7(2)8(3)12-11(16)13-5-4-9(6-13)10(14)15/h7-9H,4-6H2,1-3H3,(H,12,16)(H,14,15). The summed E-state index contributed by atoms with van der Waals surface area (Å²) in [6.45, 7) is 6.89. The van der Waals surface area contributed by atoms with Gasteiger partial charge in [-0.1, -0.05) is 13.8 Å². The van der Waals surface area contributed by atoms with E-state index in [4.69, 9.17) is 5.11 Å². The SMILES string of the molecule is CC(C)C(C)NC(=O)N1CCC(C(=O)O)C1. The van der Waals surface area contributed by atoms with E-state index in [9.17, 15) is 9.59 Å². The van der Waals surface area contributed by atoms with Crippen molar-refractivity contribution in [2.24, 2.45) is 11.8 Å². The highest BCUT2D eigenvalue weighted by molar-refractivity contribution is 5.77. The third kappa shape index (κ3) is 3.12. The number of carboxylic acid groups (broad SMARTS) is 1. The normalized spacial score (nSPS) is 22.2. The van der Waals surface area contributed by atoms with E-state index in [0.29, 0.717) is 25.4 Å². The lowest BCUT2D eigenvalue weighted by Gasteiger charge is -2.22. The molecule has 1 aliphatic heterocycles. The molecule has 2 N–H and O–H groups in total. The Morgan fingerprint density at radius 2 is 2.00 bits per heavy atom. The minimum atomic E-state index is -0.813. The molecule has 2 atom stereocenters. The number of carbonyl (C=O) groups is 2. The smallest absolute Gasteiger partial charge is 0.317 e. The molecule has 5 heteroatoms. The van der Waals surface area contributed by atoms with Crippen LogP contribution < -0.4 is 5.32 Å². The number of aliphatic carboxylic acids is 1. The number of urea groups is 1. The topological polar surface area (TPSA) is 69.6 Å². The van der Waals surface area contributed by atoms with Crippen LogP contribution in [-0.4, -0.2) is 41.1 Å². The average Bonchev–Trinajstić information content (AvgIpc) is 2.65. The maximum atomic E-state index is 11.8. The Kier molecular flexibility index (Phi) is 4.15. The summed E-state index contributed by atoms with van der Waals surface area (Å²) in [7, 11) is 0. The third-order valence-corrected chi connectivity index (χ3v) is 3.18. The molecular formula is C11H20N2O3. The first-order chi connectivity index (χ1) is 7.41. The van der Waals surface area contributed by atoms with Gasteiger partial charge < -0.3 is 15.3 Å². The van der Waals surface area contributed by atoms with Crippen LogP contribution in [0.4, 0.5) is 4.79 Å². The number of rotatable bonds is 3.